The predicted molar refractivity (Wildman–Crippen MR) is 97.7 cm³/mol. The van der Waals surface area contributed by atoms with Gasteiger partial charge in [-0.2, -0.15) is 0 Å². The van der Waals surface area contributed by atoms with Gasteiger partial charge in [0.25, 0.3) is 0 Å². The van der Waals surface area contributed by atoms with Gasteiger partial charge in [0.2, 0.25) is 0 Å². The van der Waals surface area contributed by atoms with E-state index >= 15 is 0 Å². The lowest BCUT2D eigenvalue weighted by Gasteiger charge is -2.20. The normalized spacial score (nSPS) is 10.2. The van der Waals surface area contributed by atoms with E-state index in [1.807, 2.05) is 24.4 Å². The van der Waals surface area contributed by atoms with Crippen LogP contribution in [0.1, 0.15) is 25.0 Å². The van der Waals surface area contributed by atoms with Crippen LogP contribution in [-0.4, -0.2) is 18.1 Å². The van der Waals surface area contributed by atoms with Gasteiger partial charge in [0.05, 0.1) is 5.52 Å². The molecule has 2 aromatic carbocycles. The van der Waals surface area contributed by atoms with Gasteiger partial charge >= 0.3 is 0 Å². The lowest BCUT2D eigenvalue weighted by Crippen LogP contribution is -2.21. The van der Waals surface area contributed by atoms with E-state index in [2.05, 4.69) is 72.0 Å². The van der Waals surface area contributed by atoms with Crippen LogP contribution >= 0.6 is 0 Å². The quantitative estimate of drug-likeness (QED) is 0.663. The molecule has 0 saturated heterocycles. The zero-order valence-electron chi connectivity index (χ0n) is 13.6. The molecule has 0 aliphatic carbocycles. The van der Waals surface area contributed by atoms with Crippen LogP contribution in [0.3, 0.4) is 0 Å². The Labute approximate surface area is 137 Å². The number of nitrogens with zero attached hydrogens (tertiary/aromatic N) is 2. The van der Waals surface area contributed by atoms with Crippen molar-refractivity contribution in [3.8, 4) is 11.8 Å². The molecule has 0 aliphatic rings. The van der Waals surface area contributed by atoms with E-state index in [-0.39, 0.29) is 0 Å². The van der Waals surface area contributed by atoms with Crippen LogP contribution in [0.25, 0.3) is 10.9 Å². The van der Waals surface area contributed by atoms with E-state index < -0.39 is 0 Å². The zero-order valence-corrected chi connectivity index (χ0v) is 13.6. The fourth-order valence-corrected chi connectivity index (χ4v) is 2.64. The summed E-state index contributed by atoms with van der Waals surface area (Å²) < 4.78 is 0. The highest BCUT2D eigenvalue weighted by Crippen LogP contribution is 2.15. The Kier molecular flexibility index (Phi) is 4.59. The Balaban J connectivity index is 1.82. The zero-order chi connectivity index (χ0) is 16.1. The second-order valence-electron chi connectivity index (χ2n) is 5.38. The lowest BCUT2D eigenvalue weighted by molar-refractivity contribution is 0.866. The molecule has 2 nitrogen and oxygen atoms in total. The summed E-state index contributed by atoms with van der Waals surface area (Å²) in [6.07, 6.45) is 1.81. The molecule has 0 saturated carbocycles. The van der Waals surface area contributed by atoms with Gasteiger partial charge in [0, 0.05) is 41.5 Å². The molecule has 1 aromatic heterocycles. The Morgan fingerprint density at radius 1 is 0.870 bits per heavy atom. The number of benzene rings is 2. The molecular formula is C21H20N2. The number of anilines is 1. The molecule has 2 heteroatoms. The van der Waals surface area contributed by atoms with Crippen LogP contribution in [0, 0.1) is 11.8 Å². The summed E-state index contributed by atoms with van der Waals surface area (Å²) in [7, 11) is 0. The monoisotopic (exact) mass is 300 g/mol. The maximum atomic E-state index is 4.33. The first kappa shape index (κ1) is 15.1. The first-order valence-electron chi connectivity index (χ1n) is 8.02. The third-order valence-corrected chi connectivity index (χ3v) is 3.95. The molecule has 0 bridgehead atoms. The van der Waals surface area contributed by atoms with Crippen molar-refractivity contribution in [3.63, 3.8) is 0 Å². The molecule has 1 heterocycles. The highest BCUT2D eigenvalue weighted by Gasteiger charge is 2.00. The summed E-state index contributed by atoms with van der Waals surface area (Å²) in [6.45, 7) is 6.39. The van der Waals surface area contributed by atoms with E-state index in [4.69, 9.17) is 0 Å². The van der Waals surface area contributed by atoms with Crippen LogP contribution in [0.15, 0.2) is 60.8 Å². The summed E-state index contributed by atoms with van der Waals surface area (Å²) in [6, 6.07) is 18.6. The number of fused-ring (bicyclic) bond motifs is 1. The molecule has 0 amide bonds. The van der Waals surface area contributed by atoms with Gasteiger partial charge in [0.1, 0.15) is 0 Å². The highest BCUT2D eigenvalue weighted by atomic mass is 15.1. The van der Waals surface area contributed by atoms with Gasteiger partial charge in [-0.1, -0.05) is 17.9 Å². The van der Waals surface area contributed by atoms with Crippen LogP contribution in [0.4, 0.5) is 5.69 Å². The minimum absolute atomic E-state index is 1.00. The summed E-state index contributed by atoms with van der Waals surface area (Å²) in [5.74, 6) is 6.48. The molecule has 0 N–H and O–H groups in total. The molecule has 0 fully saturated rings. The van der Waals surface area contributed by atoms with Crippen LogP contribution in [-0.2, 0) is 0 Å². The molecule has 0 spiro atoms. The van der Waals surface area contributed by atoms with Crippen molar-refractivity contribution < 1.29 is 0 Å². The van der Waals surface area contributed by atoms with E-state index in [1.165, 1.54) is 5.69 Å². The number of rotatable bonds is 3. The average Bonchev–Trinajstić information content (AvgIpc) is 2.62. The van der Waals surface area contributed by atoms with Crippen molar-refractivity contribution >= 4 is 16.6 Å². The SMILES string of the molecule is CCN(CC)c1ccc(C#Cc2ccc3ncccc3c2)cc1. The molecule has 114 valence electrons. The van der Waals surface area contributed by atoms with Crippen molar-refractivity contribution in [2.24, 2.45) is 0 Å². The lowest BCUT2D eigenvalue weighted by atomic mass is 10.1. The van der Waals surface area contributed by atoms with Crippen LogP contribution < -0.4 is 4.90 Å². The van der Waals surface area contributed by atoms with Crippen LogP contribution in [0.5, 0.6) is 0 Å². The van der Waals surface area contributed by atoms with Crippen molar-refractivity contribution in [1.29, 1.82) is 0 Å². The average molecular weight is 300 g/mol. The Hall–Kier alpha value is -2.79. The Bertz CT molecular complexity index is 850. The number of pyridine rings is 1. The minimum atomic E-state index is 1.00. The van der Waals surface area contributed by atoms with E-state index in [0.29, 0.717) is 0 Å². The Morgan fingerprint density at radius 3 is 2.30 bits per heavy atom. The molecule has 23 heavy (non-hydrogen) atoms. The maximum Gasteiger partial charge on any atom is 0.0702 e. The number of hydrogen-bond acceptors (Lipinski definition) is 2. The van der Waals surface area contributed by atoms with Crippen molar-refractivity contribution in [3.05, 3.63) is 71.9 Å². The van der Waals surface area contributed by atoms with Crippen molar-refractivity contribution in [2.45, 2.75) is 13.8 Å². The van der Waals surface area contributed by atoms with Gasteiger partial charge in [-0.25, -0.2) is 0 Å². The van der Waals surface area contributed by atoms with Crippen molar-refractivity contribution in [2.75, 3.05) is 18.0 Å². The molecule has 0 radical (unpaired) electrons. The van der Waals surface area contributed by atoms with Gasteiger partial charge in [-0.15, -0.1) is 0 Å². The number of hydrogen-bond donors (Lipinski definition) is 0. The highest BCUT2D eigenvalue weighted by molar-refractivity contribution is 5.79. The standard InChI is InChI=1S/C21H20N2/c1-3-23(4-2)20-12-9-17(10-13-20)7-8-18-11-14-21-19(16-18)6-5-15-22-21/h5-6,9-16H,3-4H2,1-2H3. The third-order valence-electron chi connectivity index (χ3n) is 3.95. The maximum absolute atomic E-state index is 4.33. The van der Waals surface area contributed by atoms with Gasteiger partial charge in [-0.3, -0.25) is 4.98 Å². The summed E-state index contributed by atoms with van der Waals surface area (Å²) in [5.41, 5.74) is 4.30. The second kappa shape index (κ2) is 6.98. The van der Waals surface area contributed by atoms with E-state index in [9.17, 15) is 0 Å². The molecule has 3 rings (SSSR count). The molecule has 0 aliphatic heterocycles. The summed E-state index contributed by atoms with van der Waals surface area (Å²) >= 11 is 0. The van der Waals surface area contributed by atoms with Crippen molar-refractivity contribution in [1.82, 2.24) is 4.98 Å². The topological polar surface area (TPSA) is 16.1 Å². The Morgan fingerprint density at radius 2 is 1.57 bits per heavy atom. The first-order valence-corrected chi connectivity index (χ1v) is 8.02. The second-order valence-corrected chi connectivity index (χ2v) is 5.38. The number of aromatic nitrogens is 1. The largest absolute Gasteiger partial charge is 0.372 e. The minimum Gasteiger partial charge on any atom is -0.372 e. The van der Waals surface area contributed by atoms with Gasteiger partial charge in [-0.05, 0) is 62.4 Å². The molecule has 3 aromatic rings. The molecular weight excluding hydrogens is 280 g/mol. The first-order chi connectivity index (χ1) is 11.3. The molecule has 0 atom stereocenters. The van der Waals surface area contributed by atoms with E-state index in [1.54, 1.807) is 0 Å². The molecule has 0 unspecified atom stereocenters. The fraction of sp³-hybridized carbons (Fsp3) is 0.190. The smallest absolute Gasteiger partial charge is 0.0702 e. The van der Waals surface area contributed by atoms with Gasteiger partial charge < -0.3 is 4.90 Å². The van der Waals surface area contributed by atoms with E-state index in [0.717, 1.165) is 35.1 Å². The van der Waals surface area contributed by atoms with Crippen LogP contribution in [0.2, 0.25) is 0 Å². The summed E-state index contributed by atoms with van der Waals surface area (Å²) in [5, 5.41) is 1.12. The van der Waals surface area contributed by atoms with Gasteiger partial charge in [0.15, 0.2) is 0 Å². The predicted octanol–water partition coefficient (Wildman–Crippen LogP) is 4.48. The fourth-order valence-electron chi connectivity index (χ4n) is 2.64. The third kappa shape index (κ3) is 3.52. The summed E-state index contributed by atoms with van der Waals surface area (Å²) in [4.78, 5) is 6.66.